The van der Waals surface area contributed by atoms with E-state index in [1.54, 1.807) is 26.8 Å². The highest BCUT2D eigenvalue weighted by Crippen LogP contribution is 2.34. The molecule has 2 N–H and O–H groups in total. The fourth-order valence-electron chi connectivity index (χ4n) is 3.18. The molecular formula is C19H22F3N3O5. The van der Waals surface area contributed by atoms with E-state index in [2.05, 4.69) is 10.6 Å². The molecule has 11 heteroatoms. The van der Waals surface area contributed by atoms with Crippen LogP contribution in [0.2, 0.25) is 0 Å². The van der Waals surface area contributed by atoms with E-state index in [0.29, 0.717) is 11.3 Å². The predicted octanol–water partition coefficient (Wildman–Crippen LogP) is 2.36. The Bertz CT molecular complexity index is 879. The first-order valence-corrected chi connectivity index (χ1v) is 9.28. The topological polar surface area (TPSA) is 97.0 Å². The summed E-state index contributed by atoms with van der Waals surface area (Å²) in [5.74, 6) is -2.12. The lowest BCUT2D eigenvalue weighted by Gasteiger charge is -2.30. The Balaban J connectivity index is 1.74. The van der Waals surface area contributed by atoms with E-state index in [4.69, 9.17) is 9.47 Å². The average molecular weight is 429 g/mol. The molecule has 3 rings (SSSR count). The first-order chi connectivity index (χ1) is 13.8. The minimum atomic E-state index is -4.94. The average Bonchev–Trinajstić information content (AvgIpc) is 2.75. The molecule has 8 nitrogen and oxygen atoms in total. The summed E-state index contributed by atoms with van der Waals surface area (Å²) in [6.45, 7) is 4.61. The van der Waals surface area contributed by atoms with Crippen LogP contribution in [-0.2, 0) is 27.3 Å². The standard InChI is InChI=1S/C19H22F3N3O5/c1-18(2,3)30-17(28)24-13-9-29-14-7-10-4-5-25(16(27)19(20,21)22)8-11(10)6-12(14)23-15(13)26/h6-7,13H,4-5,8-9H2,1-3H3,(H,23,26)(H,24,28)/t13-/m0/s1. The molecule has 0 aliphatic carbocycles. The molecule has 30 heavy (non-hydrogen) atoms. The number of nitrogens with one attached hydrogen (secondary N) is 2. The van der Waals surface area contributed by atoms with Crippen molar-refractivity contribution in [3.05, 3.63) is 23.3 Å². The Morgan fingerprint density at radius 3 is 2.57 bits per heavy atom. The van der Waals surface area contributed by atoms with E-state index < -0.39 is 35.7 Å². The first-order valence-electron chi connectivity index (χ1n) is 9.28. The number of carbonyl (C=O) groups is 3. The van der Waals surface area contributed by atoms with Crippen molar-refractivity contribution in [2.24, 2.45) is 0 Å². The summed E-state index contributed by atoms with van der Waals surface area (Å²) in [6, 6.07) is 2.11. The van der Waals surface area contributed by atoms with Crippen molar-refractivity contribution in [2.45, 2.75) is 51.6 Å². The maximum Gasteiger partial charge on any atom is 0.471 e. The number of amides is 3. The zero-order chi connectivity index (χ0) is 22.3. The van der Waals surface area contributed by atoms with Crippen molar-refractivity contribution in [2.75, 3.05) is 18.5 Å². The van der Waals surface area contributed by atoms with Crippen molar-refractivity contribution in [1.82, 2.24) is 10.2 Å². The van der Waals surface area contributed by atoms with Crippen LogP contribution in [0.3, 0.4) is 0 Å². The Hall–Kier alpha value is -2.98. The molecule has 0 unspecified atom stereocenters. The Morgan fingerprint density at radius 2 is 1.93 bits per heavy atom. The molecule has 0 saturated heterocycles. The Kier molecular flexibility index (Phi) is 5.57. The number of hydrogen-bond donors (Lipinski definition) is 2. The SMILES string of the molecule is CC(C)(C)OC(=O)N[C@H]1COc2cc3c(cc2NC1=O)CN(C(=O)C(F)(F)F)CC3. The van der Waals surface area contributed by atoms with Gasteiger partial charge < -0.3 is 25.0 Å². The minimum absolute atomic E-state index is 0.0701. The van der Waals surface area contributed by atoms with Gasteiger partial charge in [0.1, 0.15) is 24.0 Å². The molecule has 0 saturated carbocycles. The molecule has 3 amide bonds. The van der Waals surface area contributed by atoms with Gasteiger partial charge in [-0.2, -0.15) is 13.2 Å². The third kappa shape index (κ3) is 4.95. The van der Waals surface area contributed by atoms with Gasteiger partial charge in [-0.3, -0.25) is 9.59 Å². The normalized spacial score (nSPS) is 18.9. The number of halogens is 3. The van der Waals surface area contributed by atoms with Crippen molar-refractivity contribution < 1.29 is 37.0 Å². The highest BCUT2D eigenvalue weighted by molar-refractivity contribution is 5.98. The molecule has 0 bridgehead atoms. The fourth-order valence-corrected chi connectivity index (χ4v) is 3.18. The lowest BCUT2D eigenvalue weighted by Crippen LogP contribution is -2.48. The predicted molar refractivity (Wildman–Crippen MR) is 98.9 cm³/mol. The highest BCUT2D eigenvalue weighted by Gasteiger charge is 2.43. The third-order valence-corrected chi connectivity index (χ3v) is 4.51. The van der Waals surface area contributed by atoms with E-state index in [9.17, 15) is 27.6 Å². The fraction of sp³-hybridized carbons (Fsp3) is 0.526. The van der Waals surface area contributed by atoms with Crippen molar-refractivity contribution in [3.63, 3.8) is 0 Å². The molecule has 0 aromatic heterocycles. The van der Waals surface area contributed by atoms with Crippen LogP contribution in [0.5, 0.6) is 5.75 Å². The van der Waals surface area contributed by atoms with Gasteiger partial charge in [-0.05, 0) is 50.5 Å². The summed E-state index contributed by atoms with van der Waals surface area (Å²) in [5.41, 5.74) is 0.731. The number of anilines is 1. The maximum atomic E-state index is 12.7. The van der Waals surface area contributed by atoms with Crippen LogP contribution in [0.4, 0.5) is 23.7 Å². The van der Waals surface area contributed by atoms with Crippen molar-refractivity contribution >= 4 is 23.6 Å². The number of nitrogens with zero attached hydrogens (tertiary/aromatic N) is 1. The van der Waals surface area contributed by atoms with Gasteiger partial charge in [-0.1, -0.05) is 0 Å². The van der Waals surface area contributed by atoms with Gasteiger partial charge in [0, 0.05) is 13.1 Å². The van der Waals surface area contributed by atoms with Gasteiger partial charge in [0.05, 0.1) is 5.69 Å². The quantitative estimate of drug-likeness (QED) is 0.715. The summed E-state index contributed by atoms with van der Waals surface area (Å²) in [6.07, 6.45) is -5.50. The maximum absolute atomic E-state index is 12.7. The number of ether oxygens (including phenoxy) is 2. The lowest BCUT2D eigenvalue weighted by atomic mass is 9.98. The van der Waals surface area contributed by atoms with E-state index in [1.807, 2.05) is 0 Å². The zero-order valence-corrected chi connectivity index (χ0v) is 16.7. The largest absolute Gasteiger partial charge is 0.489 e. The van der Waals surface area contributed by atoms with Crippen LogP contribution in [0.1, 0.15) is 31.9 Å². The van der Waals surface area contributed by atoms with Gasteiger partial charge in [0.2, 0.25) is 0 Å². The number of hydrogen-bond acceptors (Lipinski definition) is 5. The molecule has 2 aliphatic rings. The van der Waals surface area contributed by atoms with E-state index in [1.165, 1.54) is 6.07 Å². The van der Waals surface area contributed by atoms with Gasteiger partial charge in [-0.25, -0.2) is 4.79 Å². The molecule has 0 fully saturated rings. The molecule has 2 heterocycles. The van der Waals surface area contributed by atoms with Crippen LogP contribution >= 0.6 is 0 Å². The zero-order valence-electron chi connectivity index (χ0n) is 16.7. The van der Waals surface area contributed by atoms with E-state index >= 15 is 0 Å². The Labute approximate surface area is 170 Å². The molecule has 1 atom stereocenters. The van der Waals surface area contributed by atoms with Crippen LogP contribution in [0.15, 0.2) is 12.1 Å². The second-order valence-electron chi connectivity index (χ2n) is 8.09. The number of alkyl carbamates (subject to hydrolysis) is 1. The number of rotatable bonds is 1. The molecule has 0 radical (unpaired) electrons. The van der Waals surface area contributed by atoms with E-state index in [0.717, 1.165) is 10.5 Å². The molecule has 1 aromatic rings. The summed E-state index contributed by atoms with van der Waals surface area (Å²) in [5, 5.41) is 5.04. The summed E-state index contributed by atoms with van der Waals surface area (Å²) in [7, 11) is 0. The van der Waals surface area contributed by atoms with E-state index in [-0.39, 0.29) is 31.8 Å². The number of benzene rings is 1. The minimum Gasteiger partial charge on any atom is -0.489 e. The van der Waals surface area contributed by atoms with Crippen LogP contribution in [-0.4, -0.2) is 53.8 Å². The lowest BCUT2D eigenvalue weighted by molar-refractivity contribution is -0.186. The molecular weight excluding hydrogens is 407 g/mol. The highest BCUT2D eigenvalue weighted by atomic mass is 19.4. The second kappa shape index (κ2) is 7.69. The molecule has 2 aliphatic heterocycles. The Morgan fingerprint density at radius 1 is 1.23 bits per heavy atom. The first kappa shape index (κ1) is 21.7. The second-order valence-corrected chi connectivity index (χ2v) is 8.09. The van der Waals surface area contributed by atoms with Crippen LogP contribution < -0.4 is 15.4 Å². The van der Waals surface area contributed by atoms with Crippen molar-refractivity contribution in [3.8, 4) is 5.75 Å². The van der Waals surface area contributed by atoms with Gasteiger partial charge in [0.15, 0.2) is 0 Å². The van der Waals surface area contributed by atoms with Crippen molar-refractivity contribution in [1.29, 1.82) is 0 Å². The molecule has 1 aromatic carbocycles. The van der Waals surface area contributed by atoms with Gasteiger partial charge >= 0.3 is 18.2 Å². The smallest absolute Gasteiger partial charge is 0.471 e. The number of alkyl halides is 3. The molecule has 0 spiro atoms. The van der Waals surface area contributed by atoms with Crippen LogP contribution in [0, 0.1) is 0 Å². The van der Waals surface area contributed by atoms with Gasteiger partial charge in [0.25, 0.3) is 5.91 Å². The van der Waals surface area contributed by atoms with Gasteiger partial charge in [-0.15, -0.1) is 0 Å². The summed E-state index contributed by atoms with van der Waals surface area (Å²) in [4.78, 5) is 36.7. The third-order valence-electron chi connectivity index (χ3n) is 4.51. The monoisotopic (exact) mass is 429 g/mol. The van der Waals surface area contributed by atoms with Crippen LogP contribution in [0.25, 0.3) is 0 Å². The molecule has 164 valence electrons. The number of fused-ring (bicyclic) bond motifs is 2. The number of carbonyl (C=O) groups excluding carboxylic acids is 3. The summed E-state index contributed by atoms with van der Waals surface area (Å²) >= 11 is 0. The summed E-state index contributed by atoms with van der Waals surface area (Å²) < 4.78 is 49.0.